The molecule has 2 aliphatic rings. The summed E-state index contributed by atoms with van der Waals surface area (Å²) in [5, 5.41) is 14.5. The van der Waals surface area contributed by atoms with Crippen LogP contribution in [0.15, 0.2) is 66.7 Å². The van der Waals surface area contributed by atoms with E-state index in [-0.39, 0.29) is 24.0 Å². The minimum Gasteiger partial charge on any atom is -0.480 e. The summed E-state index contributed by atoms with van der Waals surface area (Å²) in [7, 11) is 0. The Morgan fingerprint density at radius 3 is 2.18 bits per heavy atom. The molecular formula is C26H23N3O5. The quantitative estimate of drug-likeness (QED) is 0.511. The number of hydrogen-bond donors (Lipinski definition) is 3. The number of fused-ring (bicyclic) bond motifs is 3. The molecule has 34 heavy (non-hydrogen) atoms. The zero-order chi connectivity index (χ0) is 23.7. The van der Waals surface area contributed by atoms with Crippen molar-refractivity contribution in [1.82, 2.24) is 10.3 Å². The maximum Gasteiger partial charge on any atom is 0.412 e. The summed E-state index contributed by atoms with van der Waals surface area (Å²) < 4.78 is 5.51. The van der Waals surface area contributed by atoms with Crippen molar-refractivity contribution in [3.8, 4) is 11.1 Å². The van der Waals surface area contributed by atoms with Gasteiger partial charge in [0.25, 0.3) is 5.91 Å². The number of carbonyl (C=O) groups excluding carboxylic acids is 2. The SMILES string of the molecule is O=C(Nc1cccc(C(=O)NC2(C(=O)O)CCC2)n1)OCC1c2ccccc2-c2ccccc21. The van der Waals surface area contributed by atoms with E-state index in [9.17, 15) is 19.5 Å². The van der Waals surface area contributed by atoms with Gasteiger partial charge in [0.05, 0.1) is 0 Å². The summed E-state index contributed by atoms with van der Waals surface area (Å²) in [6.07, 6.45) is 0.814. The van der Waals surface area contributed by atoms with E-state index in [2.05, 4.69) is 27.8 Å². The van der Waals surface area contributed by atoms with Crippen molar-refractivity contribution >= 4 is 23.8 Å². The van der Waals surface area contributed by atoms with E-state index in [1.807, 2.05) is 36.4 Å². The second-order valence-corrected chi connectivity index (χ2v) is 8.55. The zero-order valence-corrected chi connectivity index (χ0v) is 18.3. The standard InChI is InChI=1S/C26H23N3O5/c30-23(29-26(24(31)32)13-6-14-26)21-11-5-12-22(27-21)28-25(33)34-15-20-18-9-3-1-7-16(18)17-8-2-4-10-19(17)20/h1-5,7-12,20H,6,13-15H2,(H,29,30)(H,31,32)(H,27,28,33). The molecule has 0 saturated heterocycles. The van der Waals surface area contributed by atoms with Crippen molar-refractivity contribution in [1.29, 1.82) is 0 Å². The molecule has 1 saturated carbocycles. The average Bonchev–Trinajstić information content (AvgIpc) is 3.13. The Labute approximate surface area is 196 Å². The molecule has 0 aliphatic heterocycles. The van der Waals surface area contributed by atoms with Gasteiger partial charge in [0.15, 0.2) is 0 Å². The van der Waals surface area contributed by atoms with Gasteiger partial charge in [-0.05, 0) is 53.6 Å². The van der Waals surface area contributed by atoms with Gasteiger partial charge in [-0.2, -0.15) is 0 Å². The van der Waals surface area contributed by atoms with Crippen molar-refractivity contribution in [3.63, 3.8) is 0 Å². The van der Waals surface area contributed by atoms with Crippen LogP contribution in [0.1, 0.15) is 46.8 Å². The third-order valence-corrected chi connectivity index (χ3v) is 6.52. The van der Waals surface area contributed by atoms with Gasteiger partial charge in [-0.3, -0.25) is 10.1 Å². The van der Waals surface area contributed by atoms with Crippen molar-refractivity contribution in [3.05, 3.63) is 83.6 Å². The molecular weight excluding hydrogens is 434 g/mol. The third-order valence-electron chi connectivity index (χ3n) is 6.52. The van der Waals surface area contributed by atoms with Crippen LogP contribution in [0.3, 0.4) is 0 Å². The highest BCUT2D eigenvalue weighted by Gasteiger charge is 2.46. The molecule has 1 aromatic heterocycles. The number of carboxylic acid groups (broad SMARTS) is 1. The summed E-state index contributed by atoms with van der Waals surface area (Å²) in [4.78, 5) is 40.7. The first-order valence-electron chi connectivity index (χ1n) is 11.1. The maximum atomic E-state index is 12.5. The van der Waals surface area contributed by atoms with Gasteiger partial charge in [-0.25, -0.2) is 14.6 Å². The fraction of sp³-hybridized carbons (Fsp3) is 0.231. The lowest BCUT2D eigenvalue weighted by molar-refractivity contribution is -0.148. The number of carboxylic acids is 1. The Balaban J connectivity index is 1.24. The fourth-order valence-corrected chi connectivity index (χ4v) is 4.57. The fourth-order valence-electron chi connectivity index (χ4n) is 4.57. The van der Waals surface area contributed by atoms with Gasteiger partial charge in [0, 0.05) is 5.92 Å². The number of hydrogen-bond acceptors (Lipinski definition) is 5. The number of benzene rings is 2. The second kappa shape index (κ2) is 8.62. The molecule has 8 nitrogen and oxygen atoms in total. The summed E-state index contributed by atoms with van der Waals surface area (Å²) >= 11 is 0. The van der Waals surface area contributed by atoms with Crippen LogP contribution in [0, 0.1) is 0 Å². The van der Waals surface area contributed by atoms with Crippen LogP contribution in [-0.2, 0) is 9.53 Å². The molecule has 0 spiro atoms. The van der Waals surface area contributed by atoms with Crippen LogP contribution >= 0.6 is 0 Å². The molecule has 0 bridgehead atoms. The van der Waals surface area contributed by atoms with Gasteiger partial charge in [0.2, 0.25) is 0 Å². The van der Waals surface area contributed by atoms with E-state index < -0.39 is 23.5 Å². The number of anilines is 1. The highest BCUT2D eigenvalue weighted by molar-refractivity contribution is 5.97. The lowest BCUT2D eigenvalue weighted by Crippen LogP contribution is -2.59. The number of carbonyl (C=O) groups is 3. The first-order valence-corrected chi connectivity index (χ1v) is 11.1. The van der Waals surface area contributed by atoms with Crippen molar-refractivity contribution in [2.24, 2.45) is 0 Å². The highest BCUT2D eigenvalue weighted by atomic mass is 16.5. The van der Waals surface area contributed by atoms with Gasteiger partial charge in [0.1, 0.15) is 23.7 Å². The Hall–Kier alpha value is -4.20. The van der Waals surface area contributed by atoms with E-state index in [1.54, 1.807) is 6.07 Å². The van der Waals surface area contributed by atoms with E-state index >= 15 is 0 Å². The molecule has 1 fully saturated rings. The number of nitrogens with one attached hydrogen (secondary N) is 2. The first-order chi connectivity index (χ1) is 16.5. The zero-order valence-electron chi connectivity index (χ0n) is 18.3. The number of rotatable bonds is 6. The summed E-state index contributed by atoms with van der Waals surface area (Å²) in [6.45, 7) is 0.154. The molecule has 3 aromatic rings. The molecule has 172 valence electrons. The Bertz CT molecular complexity index is 1240. The van der Waals surface area contributed by atoms with Crippen LogP contribution < -0.4 is 10.6 Å². The van der Waals surface area contributed by atoms with Crippen LogP contribution in [0.2, 0.25) is 0 Å². The monoisotopic (exact) mass is 457 g/mol. The van der Waals surface area contributed by atoms with Crippen molar-refractivity contribution < 1.29 is 24.2 Å². The van der Waals surface area contributed by atoms with Gasteiger partial charge < -0.3 is 15.2 Å². The van der Waals surface area contributed by atoms with Crippen LogP contribution in [-0.4, -0.2) is 40.2 Å². The summed E-state index contributed by atoms with van der Waals surface area (Å²) in [5.41, 5.74) is 3.27. The molecule has 0 atom stereocenters. The van der Waals surface area contributed by atoms with Crippen LogP contribution in [0.4, 0.5) is 10.6 Å². The molecule has 1 heterocycles. The summed E-state index contributed by atoms with van der Waals surface area (Å²) in [6, 6.07) is 20.7. The van der Waals surface area contributed by atoms with Crippen LogP contribution in [0.5, 0.6) is 0 Å². The molecule has 5 rings (SSSR count). The van der Waals surface area contributed by atoms with Gasteiger partial charge >= 0.3 is 12.1 Å². The first kappa shape index (κ1) is 21.6. The summed E-state index contributed by atoms with van der Waals surface area (Å²) in [5.74, 6) is -1.58. The Morgan fingerprint density at radius 1 is 0.941 bits per heavy atom. The Kier molecular flexibility index (Phi) is 5.49. The predicted molar refractivity (Wildman–Crippen MR) is 125 cm³/mol. The average molecular weight is 457 g/mol. The van der Waals surface area contributed by atoms with E-state index in [0.29, 0.717) is 12.8 Å². The second-order valence-electron chi connectivity index (χ2n) is 8.55. The minimum absolute atomic E-state index is 0.0176. The van der Waals surface area contributed by atoms with Crippen molar-refractivity contribution in [2.75, 3.05) is 11.9 Å². The molecule has 2 aromatic carbocycles. The molecule has 8 heteroatoms. The number of nitrogens with zero attached hydrogens (tertiary/aromatic N) is 1. The minimum atomic E-state index is -1.24. The third kappa shape index (κ3) is 3.87. The van der Waals surface area contributed by atoms with Gasteiger partial charge in [-0.1, -0.05) is 54.6 Å². The molecule has 2 aliphatic carbocycles. The van der Waals surface area contributed by atoms with Crippen molar-refractivity contribution in [2.45, 2.75) is 30.7 Å². The normalized spacial score (nSPS) is 15.4. The number of aliphatic carboxylic acids is 1. The highest BCUT2D eigenvalue weighted by Crippen LogP contribution is 2.44. The maximum absolute atomic E-state index is 12.5. The topological polar surface area (TPSA) is 118 Å². The molecule has 2 amide bonds. The molecule has 3 N–H and O–H groups in total. The Morgan fingerprint density at radius 2 is 1.59 bits per heavy atom. The number of amides is 2. The number of pyridine rings is 1. The predicted octanol–water partition coefficient (Wildman–Crippen LogP) is 4.18. The number of ether oxygens (including phenoxy) is 1. The van der Waals surface area contributed by atoms with E-state index in [1.165, 1.54) is 12.1 Å². The van der Waals surface area contributed by atoms with E-state index in [4.69, 9.17) is 4.74 Å². The van der Waals surface area contributed by atoms with Gasteiger partial charge in [-0.15, -0.1) is 0 Å². The lowest BCUT2D eigenvalue weighted by atomic mass is 9.76. The molecule has 0 radical (unpaired) electrons. The number of aromatic nitrogens is 1. The largest absolute Gasteiger partial charge is 0.480 e. The van der Waals surface area contributed by atoms with E-state index in [0.717, 1.165) is 28.7 Å². The van der Waals surface area contributed by atoms with Crippen LogP contribution in [0.25, 0.3) is 11.1 Å². The smallest absolute Gasteiger partial charge is 0.412 e. The molecule has 0 unspecified atom stereocenters. The lowest BCUT2D eigenvalue weighted by Gasteiger charge is -2.38.